The van der Waals surface area contributed by atoms with E-state index in [-0.39, 0.29) is 55.6 Å². The third-order valence-corrected chi connectivity index (χ3v) is 10.9. The first-order valence-corrected chi connectivity index (χ1v) is 19.5. The molecule has 2 aromatic heterocycles. The summed E-state index contributed by atoms with van der Waals surface area (Å²) in [7, 11) is 0. The maximum absolute atomic E-state index is 14.0. The number of nitrogens with one attached hydrogen (secondary N) is 4. The molecule has 0 saturated carbocycles. The molecule has 15 heteroatoms. The summed E-state index contributed by atoms with van der Waals surface area (Å²) in [4.78, 5) is 66.7. The zero-order chi connectivity index (χ0) is 38.1. The number of aliphatic hydroxyl groups excluding tert-OH is 1. The Bertz CT molecular complexity index is 1710. The van der Waals surface area contributed by atoms with E-state index in [1.807, 2.05) is 70.5 Å². The van der Waals surface area contributed by atoms with Gasteiger partial charge in [-0.15, -0.1) is 23.7 Å². The second-order valence-corrected chi connectivity index (χ2v) is 15.9. The number of benzene rings is 1. The molecule has 0 radical (unpaired) electrons. The van der Waals surface area contributed by atoms with Crippen LogP contribution in [0.1, 0.15) is 87.5 Å². The van der Waals surface area contributed by atoms with Crippen molar-refractivity contribution in [1.82, 2.24) is 36.1 Å². The maximum Gasteiger partial charge on any atom is 0.252 e. The van der Waals surface area contributed by atoms with Gasteiger partial charge < -0.3 is 36.2 Å². The zero-order valence-electron chi connectivity index (χ0n) is 31.9. The molecule has 2 saturated heterocycles. The summed E-state index contributed by atoms with van der Waals surface area (Å²) in [6.07, 6.45) is 3.09. The molecule has 0 aliphatic carbocycles. The van der Waals surface area contributed by atoms with E-state index in [1.165, 1.54) is 4.90 Å². The molecule has 4 heterocycles. The molecular formula is C39H55ClN8O5S. The Balaban J connectivity index is 0.00000650. The molecule has 5 N–H and O–H groups in total. The van der Waals surface area contributed by atoms with Crippen LogP contribution in [0.4, 0.5) is 5.82 Å². The standard InChI is InChI=1S/C39H54N8O5S.ClH/c1-25(27-10-12-28(13-11-27)34-26(2)43-24-53-34)44-37(51)31-21-30(48)23-47(31)38(52)35(39(3,4)5)45-33(49)9-7-6-8-16-41-36(50)29-14-15-32(42-22-29)46-19-17-40-18-20-46;/h10-15,22,24-25,30-31,35,40,48H,6-9,16-21,23H2,1-5H3,(H,41,50)(H,44,51)(H,45,49);1H/t25-,30+,31-,35+;/m0./s1. The Labute approximate surface area is 328 Å². The van der Waals surface area contributed by atoms with E-state index in [0.29, 0.717) is 31.4 Å². The van der Waals surface area contributed by atoms with Crippen molar-refractivity contribution in [3.05, 3.63) is 64.9 Å². The van der Waals surface area contributed by atoms with Crippen LogP contribution in [-0.4, -0.2) is 101 Å². The van der Waals surface area contributed by atoms with Gasteiger partial charge in [0.1, 0.15) is 17.9 Å². The maximum atomic E-state index is 14.0. The fraction of sp³-hybridized carbons (Fsp3) is 0.538. The molecule has 13 nitrogen and oxygen atoms in total. The van der Waals surface area contributed by atoms with Crippen molar-refractivity contribution in [2.75, 3.05) is 44.2 Å². The minimum atomic E-state index is -0.887. The molecular weight excluding hydrogens is 728 g/mol. The number of halogens is 1. The predicted molar refractivity (Wildman–Crippen MR) is 214 cm³/mol. The number of aliphatic hydroxyl groups is 1. The number of hydrogen-bond donors (Lipinski definition) is 5. The van der Waals surface area contributed by atoms with Crippen LogP contribution in [0, 0.1) is 12.3 Å². The lowest BCUT2D eigenvalue weighted by Gasteiger charge is -2.35. The zero-order valence-corrected chi connectivity index (χ0v) is 33.5. The number of carbonyl (C=O) groups is 4. The van der Waals surface area contributed by atoms with Crippen LogP contribution in [0.15, 0.2) is 48.1 Å². The normalized spacial score (nSPS) is 18.3. The Morgan fingerprint density at radius 2 is 1.72 bits per heavy atom. The molecule has 54 heavy (non-hydrogen) atoms. The van der Waals surface area contributed by atoms with Gasteiger partial charge in [-0.2, -0.15) is 0 Å². The fourth-order valence-corrected chi connectivity index (χ4v) is 7.55. The summed E-state index contributed by atoms with van der Waals surface area (Å²) in [5.41, 5.74) is 4.63. The Hall–Kier alpha value is -4.11. The van der Waals surface area contributed by atoms with Crippen LogP contribution >= 0.6 is 23.7 Å². The summed E-state index contributed by atoms with van der Waals surface area (Å²) < 4.78 is 0. The quantitative estimate of drug-likeness (QED) is 0.152. The molecule has 4 amide bonds. The lowest BCUT2D eigenvalue weighted by Crippen LogP contribution is -2.57. The number of β-amino-alcohol motifs (C(OH)–C–C–N with tert-alkyl or cyclic N) is 1. The van der Waals surface area contributed by atoms with Gasteiger partial charge in [0.15, 0.2) is 0 Å². The Morgan fingerprint density at radius 1 is 1.00 bits per heavy atom. The number of thiazole rings is 1. The molecule has 4 atom stereocenters. The number of anilines is 1. The highest BCUT2D eigenvalue weighted by atomic mass is 35.5. The van der Waals surface area contributed by atoms with E-state index in [0.717, 1.165) is 53.7 Å². The number of amides is 4. The van der Waals surface area contributed by atoms with Crippen LogP contribution in [0.5, 0.6) is 0 Å². The molecule has 0 bridgehead atoms. The van der Waals surface area contributed by atoms with E-state index < -0.39 is 29.5 Å². The van der Waals surface area contributed by atoms with Crippen LogP contribution in [0.2, 0.25) is 0 Å². The first-order chi connectivity index (χ1) is 25.3. The van der Waals surface area contributed by atoms with E-state index in [9.17, 15) is 24.3 Å². The van der Waals surface area contributed by atoms with Gasteiger partial charge in [-0.3, -0.25) is 19.2 Å². The highest BCUT2D eigenvalue weighted by Crippen LogP contribution is 2.29. The predicted octanol–water partition coefficient (Wildman–Crippen LogP) is 4.01. The molecule has 2 aliphatic heterocycles. The minimum absolute atomic E-state index is 0. The summed E-state index contributed by atoms with van der Waals surface area (Å²) in [5, 5.41) is 22.8. The smallest absolute Gasteiger partial charge is 0.252 e. The molecule has 1 aromatic carbocycles. The van der Waals surface area contributed by atoms with Crippen molar-refractivity contribution < 1.29 is 24.3 Å². The molecule has 2 aliphatic rings. The highest BCUT2D eigenvalue weighted by Gasteiger charge is 2.44. The highest BCUT2D eigenvalue weighted by molar-refractivity contribution is 7.13. The molecule has 3 aromatic rings. The third kappa shape index (κ3) is 11.2. The molecule has 5 rings (SSSR count). The van der Waals surface area contributed by atoms with Crippen LogP contribution in [0.3, 0.4) is 0 Å². The minimum Gasteiger partial charge on any atom is -0.391 e. The van der Waals surface area contributed by atoms with Crippen LogP contribution in [0.25, 0.3) is 10.4 Å². The molecule has 2 fully saturated rings. The number of aromatic nitrogens is 2. The van der Waals surface area contributed by atoms with E-state index in [2.05, 4.69) is 36.1 Å². The van der Waals surface area contributed by atoms with Gasteiger partial charge in [0, 0.05) is 58.3 Å². The van der Waals surface area contributed by atoms with Crippen molar-refractivity contribution in [2.24, 2.45) is 5.41 Å². The average Bonchev–Trinajstić information content (AvgIpc) is 3.76. The molecule has 0 spiro atoms. The summed E-state index contributed by atoms with van der Waals surface area (Å²) in [6.45, 7) is 13.6. The topological polar surface area (TPSA) is 169 Å². The number of pyridine rings is 1. The van der Waals surface area contributed by atoms with Gasteiger partial charge in [0.2, 0.25) is 17.7 Å². The summed E-state index contributed by atoms with van der Waals surface area (Å²) in [6, 6.07) is 9.55. The number of likely N-dealkylation sites (tertiary alicyclic amines) is 1. The lowest BCUT2D eigenvalue weighted by atomic mass is 9.85. The van der Waals surface area contributed by atoms with Gasteiger partial charge >= 0.3 is 0 Å². The molecule has 0 unspecified atom stereocenters. The van der Waals surface area contributed by atoms with Gasteiger partial charge in [-0.05, 0) is 55.4 Å². The average molecular weight is 783 g/mol. The second-order valence-electron chi connectivity index (χ2n) is 15.1. The van der Waals surface area contributed by atoms with Crippen LogP contribution in [-0.2, 0) is 14.4 Å². The SMILES string of the molecule is Cc1ncsc1-c1ccc([C@H](C)NC(=O)[C@@H]2C[C@@H](O)CN2C(=O)[C@@H](NC(=O)CCCCCNC(=O)c2ccc(N3CCNCC3)nc2)C(C)(C)C)cc1.Cl. The molecule has 294 valence electrons. The first kappa shape index (κ1) is 42.6. The van der Waals surface area contributed by atoms with Crippen molar-refractivity contribution >= 4 is 53.2 Å². The number of piperazine rings is 1. The number of unbranched alkanes of at least 4 members (excludes halogenated alkanes) is 2. The number of nitrogens with zero attached hydrogens (tertiary/aromatic N) is 4. The Morgan fingerprint density at radius 3 is 2.35 bits per heavy atom. The first-order valence-electron chi connectivity index (χ1n) is 18.6. The summed E-state index contributed by atoms with van der Waals surface area (Å²) in [5.74, 6) is -0.314. The van der Waals surface area contributed by atoms with Crippen molar-refractivity contribution in [3.8, 4) is 10.4 Å². The van der Waals surface area contributed by atoms with Gasteiger partial charge in [-0.25, -0.2) is 9.97 Å². The Kier molecular flexibility index (Phi) is 15.4. The van der Waals surface area contributed by atoms with Crippen molar-refractivity contribution in [1.29, 1.82) is 0 Å². The van der Waals surface area contributed by atoms with E-state index >= 15 is 0 Å². The van der Waals surface area contributed by atoms with Gasteiger partial charge in [-0.1, -0.05) is 51.5 Å². The largest absolute Gasteiger partial charge is 0.391 e. The van der Waals surface area contributed by atoms with Gasteiger partial charge in [0.25, 0.3) is 5.91 Å². The van der Waals surface area contributed by atoms with E-state index in [4.69, 9.17) is 0 Å². The number of aryl methyl sites for hydroxylation is 1. The number of hydrogen-bond acceptors (Lipinski definition) is 10. The van der Waals surface area contributed by atoms with E-state index in [1.54, 1.807) is 23.6 Å². The second kappa shape index (κ2) is 19.5. The van der Waals surface area contributed by atoms with Crippen LogP contribution < -0.4 is 26.2 Å². The van der Waals surface area contributed by atoms with Crippen molar-refractivity contribution in [3.63, 3.8) is 0 Å². The van der Waals surface area contributed by atoms with Crippen molar-refractivity contribution in [2.45, 2.75) is 91.0 Å². The summed E-state index contributed by atoms with van der Waals surface area (Å²) >= 11 is 1.58. The number of rotatable bonds is 14. The lowest BCUT2D eigenvalue weighted by molar-refractivity contribution is -0.144. The number of carbonyl (C=O) groups excluding carboxylic acids is 4. The monoisotopic (exact) mass is 782 g/mol. The van der Waals surface area contributed by atoms with Gasteiger partial charge in [0.05, 0.1) is 33.8 Å². The fourth-order valence-electron chi connectivity index (χ4n) is 6.74. The third-order valence-electron chi connectivity index (χ3n) is 9.88.